The minimum Gasteiger partial charge on any atom is -0.370 e. The quantitative estimate of drug-likeness (QED) is 0.581. The highest BCUT2D eigenvalue weighted by Crippen LogP contribution is 2.17. The average Bonchev–Trinajstić information content (AvgIpc) is 2.74. The number of rotatable bonds is 6. The Kier molecular flexibility index (Phi) is 7.05. The highest BCUT2D eigenvalue weighted by molar-refractivity contribution is 5.92. The lowest BCUT2D eigenvalue weighted by molar-refractivity contribution is -0.131. The van der Waals surface area contributed by atoms with Crippen molar-refractivity contribution in [2.24, 2.45) is 10.7 Å². The van der Waals surface area contributed by atoms with Gasteiger partial charge in [-0.05, 0) is 48.4 Å². The second-order valence-electron chi connectivity index (χ2n) is 7.04. The molecule has 1 aliphatic rings. The number of aryl methyl sites for hydroxylation is 1. The van der Waals surface area contributed by atoms with Crippen molar-refractivity contribution in [3.05, 3.63) is 59.9 Å². The number of nitrogens with one attached hydrogen (secondary N) is 1. The van der Waals surface area contributed by atoms with Crippen LogP contribution in [-0.4, -0.2) is 49.5 Å². The molecule has 3 rings (SSSR count). The van der Waals surface area contributed by atoms with Crippen LogP contribution in [0.1, 0.15) is 18.9 Å². The third-order valence-electron chi connectivity index (χ3n) is 5.04. The smallest absolute Gasteiger partial charge is 0.224 e. The molecule has 1 aliphatic heterocycles. The zero-order valence-corrected chi connectivity index (χ0v) is 16.8. The van der Waals surface area contributed by atoms with Crippen molar-refractivity contribution in [2.45, 2.75) is 19.8 Å². The molecule has 6 nitrogen and oxygen atoms in total. The van der Waals surface area contributed by atoms with Crippen LogP contribution in [0.25, 0.3) is 0 Å². The molecule has 154 valence electrons. The van der Waals surface area contributed by atoms with Crippen molar-refractivity contribution >= 4 is 23.2 Å². The van der Waals surface area contributed by atoms with Gasteiger partial charge in [-0.25, -0.2) is 4.39 Å². The number of nitrogens with two attached hydrogens (primary N) is 1. The number of benzene rings is 2. The van der Waals surface area contributed by atoms with E-state index in [1.54, 1.807) is 12.1 Å². The lowest BCUT2D eigenvalue weighted by Gasteiger charge is -2.36. The maximum atomic E-state index is 13.1. The molecule has 0 aliphatic carbocycles. The summed E-state index contributed by atoms with van der Waals surface area (Å²) >= 11 is 0. The zero-order valence-electron chi connectivity index (χ0n) is 16.8. The molecular weight excluding hydrogens is 369 g/mol. The van der Waals surface area contributed by atoms with Gasteiger partial charge in [0.1, 0.15) is 5.82 Å². The third-order valence-corrected chi connectivity index (χ3v) is 5.04. The van der Waals surface area contributed by atoms with E-state index in [0.29, 0.717) is 32.0 Å². The number of aliphatic imine (C=N–C) groups is 1. The van der Waals surface area contributed by atoms with Crippen LogP contribution < -0.4 is 16.0 Å². The van der Waals surface area contributed by atoms with Gasteiger partial charge in [0.15, 0.2) is 5.96 Å². The standard InChI is InChI=1S/C22H28FN5O/c1-2-17-4-3-5-19(16-17)26-22(24)25-11-10-21(29)28-14-12-27(13-15-28)20-8-6-18(23)7-9-20/h3-9,16H,2,10-15H2,1H3,(H3,24,25,26). The van der Waals surface area contributed by atoms with Crippen LogP contribution in [-0.2, 0) is 11.2 Å². The number of nitrogens with zero attached hydrogens (tertiary/aromatic N) is 3. The van der Waals surface area contributed by atoms with Crippen LogP contribution in [0.5, 0.6) is 0 Å². The minimum atomic E-state index is -0.241. The van der Waals surface area contributed by atoms with Crippen molar-refractivity contribution in [2.75, 3.05) is 42.9 Å². The molecule has 29 heavy (non-hydrogen) atoms. The minimum absolute atomic E-state index is 0.0771. The zero-order chi connectivity index (χ0) is 20.6. The first-order chi connectivity index (χ1) is 14.0. The first-order valence-corrected chi connectivity index (χ1v) is 9.99. The monoisotopic (exact) mass is 397 g/mol. The Bertz CT molecular complexity index is 845. The second kappa shape index (κ2) is 9.91. The van der Waals surface area contributed by atoms with Gasteiger partial charge >= 0.3 is 0 Å². The molecule has 1 amide bonds. The number of hydrogen-bond donors (Lipinski definition) is 2. The molecule has 0 bridgehead atoms. The summed E-state index contributed by atoms with van der Waals surface area (Å²) in [7, 11) is 0. The molecule has 0 spiro atoms. The van der Waals surface area contributed by atoms with Crippen LogP contribution in [0.2, 0.25) is 0 Å². The largest absolute Gasteiger partial charge is 0.370 e. The van der Waals surface area contributed by atoms with E-state index in [1.807, 2.05) is 23.1 Å². The Morgan fingerprint density at radius 2 is 1.86 bits per heavy atom. The summed E-state index contributed by atoms with van der Waals surface area (Å²) in [5.74, 6) is 0.149. The number of anilines is 2. The predicted molar refractivity (Wildman–Crippen MR) is 116 cm³/mol. The van der Waals surface area contributed by atoms with Gasteiger partial charge in [-0.2, -0.15) is 0 Å². The molecule has 1 heterocycles. The number of amides is 1. The highest BCUT2D eigenvalue weighted by Gasteiger charge is 2.20. The fourth-order valence-corrected chi connectivity index (χ4v) is 3.35. The van der Waals surface area contributed by atoms with E-state index >= 15 is 0 Å². The van der Waals surface area contributed by atoms with Crippen LogP contribution in [0.3, 0.4) is 0 Å². The summed E-state index contributed by atoms with van der Waals surface area (Å²) in [5, 5.41) is 3.07. The van der Waals surface area contributed by atoms with E-state index in [9.17, 15) is 9.18 Å². The number of halogens is 1. The molecule has 2 aromatic rings. The fourth-order valence-electron chi connectivity index (χ4n) is 3.35. The van der Waals surface area contributed by atoms with Crippen LogP contribution in [0.15, 0.2) is 53.5 Å². The number of guanidine groups is 1. The van der Waals surface area contributed by atoms with Crippen LogP contribution >= 0.6 is 0 Å². The topological polar surface area (TPSA) is 74.0 Å². The molecule has 3 N–H and O–H groups in total. The summed E-state index contributed by atoms with van der Waals surface area (Å²) in [6, 6.07) is 14.5. The maximum absolute atomic E-state index is 13.1. The van der Waals surface area contributed by atoms with Crippen molar-refractivity contribution in [1.82, 2.24) is 4.90 Å². The SMILES string of the molecule is CCc1cccc(NC(N)=NCCC(=O)N2CCN(c3ccc(F)cc3)CC2)c1. The van der Waals surface area contributed by atoms with Gasteiger partial charge < -0.3 is 20.9 Å². The third kappa shape index (κ3) is 5.94. The number of hydrogen-bond acceptors (Lipinski definition) is 3. The number of carbonyl (C=O) groups excluding carboxylic acids is 1. The molecule has 0 radical (unpaired) electrons. The molecule has 0 atom stereocenters. The summed E-state index contributed by atoms with van der Waals surface area (Å²) in [6.07, 6.45) is 1.28. The summed E-state index contributed by atoms with van der Waals surface area (Å²) in [4.78, 5) is 20.7. The molecule has 2 aromatic carbocycles. The predicted octanol–water partition coefficient (Wildman–Crippen LogP) is 2.85. The molecule has 1 saturated heterocycles. The first kappa shape index (κ1) is 20.6. The van der Waals surface area contributed by atoms with Crippen molar-refractivity contribution in [3.8, 4) is 0 Å². The summed E-state index contributed by atoms with van der Waals surface area (Å²) < 4.78 is 13.1. The Morgan fingerprint density at radius 3 is 2.55 bits per heavy atom. The molecular formula is C22H28FN5O. The average molecular weight is 397 g/mol. The van der Waals surface area contributed by atoms with Gasteiger partial charge in [0.05, 0.1) is 6.54 Å². The number of carbonyl (C=O) groups is 1. The molecule has 1 fully saturated rings. The van der Waals surface area contributed by atoms with E-state index in [4.69, 9.17) is 5.73 Å². The second-order valence-corrected chi connectivity index (χ2v) is 7.04. The van der Waals surface area contributed by atoms with Crippen molar-refractivity contribution < 1.29 is 9.18 Å². The van der Waals surface area contributed by atoms with Crippen molar-refractivity contribution in [1.29, 1.82) is 0 Å². The highest BCUT2D eigenvalue weighted by atomic mass is 19.1. The van der Waals surface area contributed by atoms with Gasteiger partial charge in [-0.1, -0.05) is 19.1 Å². The van der Waals surface area contributed by atoms with E-state index in [1.165, 1.54) is 17.7 Å². The van der Waals surface area contributed by atoms with Gasteiger partial charge in [-0.15, -0.1) is 0 Å². The maximum Gasteiger partial charge on any atom is 0.224 e. The van der Waals surface area contributed by atoms with Gasteiger partial charge in [0, 0.05) is 44.0 Å². The molecule has 0 saturated carbocycles. The van der Waals surface area contributed by atoms with E-state index in [2.05, 4.69) is 28.2 Å². The van der Waals surface area contributed by atoms with Gasteiger partial charge in [-0.3, -0.25) is 9.79 Å². The summed E-state index contributed by atoms with van der Waals surface area (Å²) in [5.41, 5.74) is 9.03. The van der Waals surface area contributed by atoms with Crippen LogP contribution in [0, 0.1) is 5.82 Å². The fraction of sp³-hybridized carbons (Fsp3) is 0.364. The normalized spacial score (nSPS) is 14.8. The van der Waals surface area contributed by atoms with Crippen LogP contribution in [0.4, 0.5) is 15.8 Å². The number of piperazine rings is 1. The van der Waals surface area contributed by atoms with Crippen molar-refractivity contribution in [3.63, 3.8) is 0 Å². The lowest BCUT2D eigenvalue weighted by Crippen LogP contribution is -2.48. The van der Waals surface area contributed by atoms with E-state index in [-0.39, 0.29) is 11.7 Å². The summed E-state index contributed by atoms with van der Waals surface area (Å²) in [6.45, 7) is 5.22. The molecule has 7 heteroatoms. The Morgan fingerprint density at radius 1 is 1.14 bits per heavy atom. The Balaban J connectivity index is 1.42. The molecule has 0 unspecified atom stereocenters. The van der Waals surface area contributed by atoms with Gasteiger partial charge in [0.2, 0.25) is 5.91 Å². The Labute approximate surface area is 171 Å². The van der Waals surface area contributed by atoms with E-state index in [0.717, 1.165) is 30.9 Å². The first-order valence-electron chi connectivity index (χ1n) is 9.99. The lowest BCUT2D eigenvalue weighted by atomic mass is 10.1. The molecule has 0 aromatic heterocycles. The van der Waals surface area contributed by atoms with Gasteiger partial charge in [0.25, 0.3) is 0 Å². The van der Waals surface area contributed by atoms with E-state index < -0.39 is 0 Å². The Hall–Kier alpha value is -3.09.